The van der Waals surface area contributed by atoms with Crippen molar-refractivity contribution in [1.82, 2.24) is 15.2 Å². The lowest BCUT2D eigenvalue weighted by Crippen LogP contribution is -2.37. The maximum absolute atomic E-state index is 13.8. The molecular formula is C20H27FN4O3S. The van der Waals surface area contributed by atoms with Gasteiger partial charge < -0.3 is 20.3 Å². The number of hydrogen-bond donors (Lipinski definition) is 2. The van der Waals surface area contributed by atoms with E-state index >= 15 is 0 Å². The first-order valence-corrected chi connectivity index (χ1v) is 10.4. The molecule has 0 aliphatic rings. The number of carbonyl (C=O) groups excluding carboxylic acids is 2. The third-order valence-electron chi connectivity index (χ3n) is 4.14. The molecule has 2 N–H and O–H groups in total. The van der Waals surface area contributed by atoms with Crippen molar-refractivity contribution in [3.8, 4) is 0 Å². The zero-order valence-electron chi connectivity index (χ0n) is 16.7. The Bertz CT molecular complexity index is 800. The summed E-state index contributed by atoms with van der Waals surface area (Å²) in [5.41, 5.74) is 0.439. The van der Waals surface area contributed by atoms with Crippen LogP contribution in [-0.2, 0) is 11.3 Å². The fraction of sp³-hybridized carbons (Fsp3) is 0.450. The van der Waals surface area contributed by atoms with Crippen LogP contribution in [0.5, 0.6) is 0 Å². The lowest BCUT2D eigenvalue weighted by Gasteiger charge is -2.22. The number of amides is 3. The number of unbranched alkanes of at least 4 members (excludes halogenated alkanes) is 2. The van der Waals surface area contributed by atoms with E-state index in [9.17, 15) is 14.0 Å². The van der Waals surface area contributed by atoms with Gasteiger partial charge in [-0.05, 0) is 18.6 Å². The number of ether oxygens (including phenoxy) is 1. The molecule has 0 bridgehead atoms. The molecule has 0 saturated carbocycles. The Hall–Kier alpha value is -2.52. The first-order valence-electron chi connectivity index (χ1n) is 9.57. The molecule has 0 spiro atoms. The van der Waals surface area contributed by atoms with Crippen molar-refractivity contribution in [2.75, 3.05) is 32.1 Å². The summed E-state index contributed by atoms with van der Waals surface area (Å²) in [5, 5.41) is 7.70. The molecule has 1 aromatic carbocycles. The van der Waals surface area contributed by atoms with Gasteiger partial charge >= 0.3 is 6.03 Å². The fourth-order valence-corrected chi connectivity index (χ4v) is 3.32. The summed E-state index contributed by atoms with van der Waals surface area (Å²) >= 11 is 1.30. The second-order valence-corrected chi connectivity index (χ2v) is 7.36. The van der Waals surface area contributed by atoms with Crippen molar-refractivity contribution < 1.29 is 18.7 Å². The van der Waals surface area contributed by atoms with E-state index in [1.807, 2.05) is 0 Å². The molecule has 0 saturated heterocycles. The van der Waals surface area contributed by atoms with Gasteiger partial charge in [-0.25, -0.2) is 14.2 Å². The fourth-order valence-electron chi connectivity index (χ4n) is 2.53. The summed E-state index contributed by atoms with van der Waals surface area (Å²) in [5.74, 6) is -0.730. The summed E-state index contributed by atoms with van der Waals surface area (Å²) in [6.07, 6.45) is 3.08. The number of hydrogen-bond acceptors (Lipinski definition) is 5. The number of carbonyl (C=O) groups is 2. The summed E-state index contributed by atoms with van der Waals surface area (Å²) in [6.45, 7) is 3.53. The number of rotatable bonds is 11. The number of methoxy groups -OCH3 is 1. The van der Waals surface area contributed by atoms with Crippen molar-refractivity contribution in [2.45, 2.75) is 32.7 Å². The molecule has 9 heteroatoms. The molecule has 0 aliphatic carbocycles. The van der Waals surface area contributed by atoms with Crippen molar-refractivity contribution in [3.63, 3.8) is 0 Å². The van der Waals surface area contributed by atoms with Gasteiger partial charge in [-0.15, -0.1) is 11.3 Å². The van der Waals surface area contributed by atoms with Gasteiger partial charge in [-0.1, -0.05) is 31.9 Å². The van der Waals surface area contributed by atoms with Gasteiger partial charge in [0.1, 0.15) is 16.5 Å². The number of para-hydroxylation sites is 1. The van der Waals surface area contributed by atoms with Crippen LogP contribution >= 0.6 is 11.3 Å². The first kappa shape index (κ1) is 22.8. The van der Waals surface area contributed by atoms with Crippen LogP contribution in [0.2, 0.25) is 0 Å². The van der Waals surface area contributed by atoms with E-state index in [0.29, 0.717) is 30.4 Å². The molecule has 1 aromatic heterocycles. The van der Waals surface area contributed by atoms with E-state index in [0.717, 1.165) is 19.3 Å². The van der Waals surface area contributed by atoms with E-state index in [-0.39, 0.29) is 18.1 Å². The summed E-state index contributed by atoms with van der Waals surface area (Å²) in [4.78, 5) is 30.6. The van der Waals surface area contributed by atoms with Crippen LogP contribution in [0, 0.1) is 5.82 Å². The van der Waals surface area contributed by atoms with Gasteiger partial charge in [-0.2, -0.15) is 0 Å². The Kier molecular flexibility index (Phi) is 9.52. The summed E-state index contributed by atoms with van der Waals surface area (Å²) in [6, 6.07) is 5.50. The molecular weight excluding hydrogens is 395 g/mol. The molecule has 0 radical (unpaired) electrons. The molecule has 0 fully saturated rings. The molecule has 1 heterocycles. The largest absolute Gasteiger partial charge is 0.383 e. The van der Waals surface area contributed by atoms with Gasteiger partial charge in [0.15, 0.2) is 0 Å². The van der Waals surface area contributed by atoms with Gasteiger partial charge in [0.2, 0.25) is 0 Å². The number of benzene rings is 1. The lowest BCUT2D eigenvalue weighted by molar-refractivity contribution is 0.0948. The number of thiazole rings is 1. The van der Waals surface area contributed by atoms with Crippen molar-refractivity contribution in [1.29, 1.82) is 0 Å². The normalized spacial score (nSPS) is 10.6. The quantitative estimate of drug-likeness (QED) is 0.538. The van der Waals surface area contributed by atoms with Crippen molar-refractivity contribution >= 4 is 29.0 Å². The number of anilines is 1. The average molecular weight is 423 g/mol. The first-order chi connectivity index (χ1) is 14.0. The summed E-state index contributed by atoms with van der Waals surface area (Å²) < 4.78 is 18.9. The number of halogens is 1. The predicted molar refractivity (Wildman–Crippen MR) is 112 cm³/mol. The number of nitrogens with zero attached hydrogens (tertiary/aromatic N) is 2. The second-order valence-electron chi connectivity index (χ2n) is 6.41. The third-order valence-corrected chi connectivity index (χ3v) is 4.98. The Morgan fingerprint density at radius 3 is 2.79 bits per heavy atom. The Morgan fingerprint density at radius 1 is 1.28 bits per heavy atom. The number of urea groups is 1. The molecule has 2 rings (SSSR count). The average Bonchev–Trinajstić information content (AvgIpc) is 3.18. The van der Waals surface area contributed by atoms with E-state index in [4.69, 9.17) is 4.74 Å². The Morgan fingerprint density at radius 2 is 2.07 bits per heavy atom. The highest BCUT2D eigenvalue weighted by molar-refractivity contribution is 7.09. The number of nitrogens with one attached hydrogen (secondary N) is 2. The Balaban J connectivity index is 1.99. The lowest BCUT2D eigenvalue weighted by atomic mass is 10.2. The van der Waals surface area contributed by atoms with E-state index in [1.54, 1.807) is 17.5 Å². The maximum Gasteiger partial charge on any atom is 0.322 e. The third kappa shape index (κ3) is 7.43. The van der Waals surface area contributed by atoms with Crippen LogP contribution in [0.3, 0.4) is 0 Å². The molecule has 158 valence electrons. The number of aromatic nitrogens is 1. The van der Waals surface area contributed by atoms with Crippen LogP contribution < -0.4 is 10.6 Å². The smallest absolute Gasteiger partial charge is 0.322 e. The zero-order chi connectivity index (χ0) is 21.1. The van der Waals surface area contributed by atoms with Crippen LogP contribution in [0.4, 0.5) is 14.9 Å². The van der Waals surface area contributed by atoms with Crippen LogP contribution in [0.15, 0.2) is 29.6 Å². The molecule has 0 aliphatic heterocycles. The van der Waals surface area contributed by atoms with E-state index in [2.05, 4.69) is 22.5 Å². The van der Waals surface area contributed by atoms with Crippen LogP contribution in [0.1, 0.15) is 41.7 Å². The minimum Gasteiger partial charge on any atom is -0.383 e. The Labute approximate surface area is 174 Å². The highest BCUT2D eigenvalue weighted by Gasteiger charge is 2.18. The van der Waals surface area contributed by atoms with Crippen molar-refractivity contribution in [2.24, 2.45) is 0 Å². The topological polar surface area (TPSA) is 83.6 Å². The minimum absolute atomic E-state index is 0.103. The monoisotopic (exact) mass is 422 g/mol. The van der Waals surface area contributed by atoms with Crippen LogP contribution in [0.25, 0.3) is 0 Å². The van der Waals surface area contributed by atoms with E-state index < -0.39 is 11.8 Å². The molecule has 0 unspecified atom stereocenters. The SMILES string of the molecule is CCCCCNC(=O)c1csc(CN(CCOC)C(=O)Nc2ccccc2F)n1. The van der Waals surface area contributed by atoms with Gasteiger partial charge in [0.25, 0.3) is 5.91 Å². The highest BCUT2D eigenvalue weighted by Crippen LogP contribution is 2.16. The van der Waals surface area contributed by atoms with E-state index in [1.165, 1.54) is 35.5 Å². The van der Waals surface area contributed by atoms with Gasteiger partial charge in [0, 0.05) is 25.6 Å². The van der Waals surface area contributed by atoms with Crippen LogP contribution in [-0.4, -0.2) is 48.6 Å². The van der Waals surface area contributed by atoms with Gasteiger partial charge in [0.05, 0.1) is 18.8 Å². The minimum atomic E-state index is -0.510. The molecule has 3 amide bonds. The van der Waals surface area contributed by atoms with Gasteiger partial charge in [-0.3, -0.25) is 4.79 Å². The highest BCUT2D eigenvalue weighted by atomic mass is 32.1. The molecule has 7 nitrogen and oxygen atoms in total. The standard InChI is InChI=1S/C20H27FN4O3S/c1-3-4-7-10-22-19(26)17-14-29-18(23-17)13-25(11-12-28-2)20(27)24-16-9-6-5-8-15(16)21/h5-6,8-9,14H,3-4,7,10-13H2,1-2H3,(H,22,26)(H,24,27). The van der Waals surface area contributed by atoms with Crippen molar-refractivity contribution in [3.05, 3.63) is 46.2 Å². The molecule has 29 heavy (non-hydrogen) atoms. The second kappa shape index (κ2) is 12.1. The zero-order valence-corrected chi connectivity index (χ0v) is 17.6. The summed E-state index contributed by atoms with van der Waals surface area (Å²) in [7, 11) is 1.54. The maximum atomic E-state index is 13.8. The predicted octanol–water partition coefficient (Wildman–Crippen LogP) is 3.88. The molecule has 0 atom stereocenters. The molecule has 2 aromatic rings.